The lowest BCUT2D eigenvalue weighted by Crippen LogP contribution is -2.31. The maximum atomic E-state index is 12.0. The van der Waals surface area contributed by atoms with Gasteiger partial charge in [0.25, 0.3) is 5.91 Å². The van der Waals surface area contributed by atoms with Crippen LogP contribution in [0.1, 0.15) is 18.4 Å². The molecule has 0 spiro atoms. The van der Waals surface area contributed by atoms with Crippen LogP contribution in [0, 0.1) is 0 Å². The van der Waals surface area contributed by atoms with Gasteiger partial charge in [0.1, 0.15) is 25.0 Å². The SMILES string of the molecule is COc1cc2c(cc1CNC(=O)CC[C@@H]1NC(=O)NC1=O)OCCO2. The molecule has 1 aromatic rings. The highest BCUT2D eigenvalue weighted by Gasteiger charge is 2.29. The summed E-state index contributed by atoms with van der Waals surface area (Å²) >= 11 is 0. The number of fused-ring (bicyclic) bond motifs is 1. The van der Waals surface area contributed by atoms with Gasteiger partial charge in [-0.1, -0.05) is 0 Å². The predicted molar refractivity (Wildman–Crippen MR) is 85.5 cm³/mol. The van der Waals surface area contributed by atoms with Crippen molar-refractivity contribution in [1.82, 2.24) is 16.0 Å². The van der Waals surface area contributed by atoms with E-state index in [1.165, 1.54) is 7.11 Å². The zero-order valence-electron chi connectivity index (χ0n) is 13.7. The first-order valence-electron chi connectivity index (χ1n) is 7.91. The van der Waals surface area contributed by atoms with Crippen molar-refractivity contribution in [3.63, 3.8) is 0 Å². The number of methoxy groups -OCH3 is 1. The third kappa shape index (κ3) is 3.93. The Morgan fingerprint density at radius 2 is 2.00 bits per heavy atom. The van der Waals surface area contributed by atoms with Gasteiger partial charge in [0.05, 0.1) is 7.11 Å². The summed E-state index contributed by atoms with van der Waals surface area (Å²) < 4.78 is 16.3. The van der Waals surface area contributed by atoms with Gasteiger partial charge < -0.3 is 24.8 Å². The molecule has 0 radical (unpaired) electrons. The van der Waals surface area contributed by atoms with Crippen LogP contribution >= 0.6 is 0 Å². The molecule has 134 valence electrons. The molecular formula is C16H19N3O6. The predicted octanol–water partition coefficient (Wildman–Crippen LogP) is 0.0708. The van der Waals surface area contributed by atoms with E-state index in [1.807, 2.05) is 0 Å². The van der Waals surface area contributed by atoms with E-state index >= 15 is 0 Å². The van der Waals surface area contributed by atoms with Gasteiger partial charge in [-0.2, -0.15) is 0 Å². The number of carbonyl (C=O) groups is 3. The molecule has 9 nitrogen and oxygen atoms in total. The largest absolute Gasteiger partial charge is 0.496 e. The maximum absolute atomic E-state index is 12.0. The zero-order valence-corrected chi connectivity index (χ0v) is 13.7. The number of nitrogens with one attached hydrogen (secondary N) is 3. The van der Waals surface area contributed by atoms with E-state index in [-0.39, 0.29) is 25.3 Å². The summed E-state index contributed by atoms with van der Waals surface area (Å²) in [7, 11) is 1.54. The van der Waals surface area contributed by atoms with Gasteiger partial charge in [-0.15, -0.1) is 0 Å². The third-order valence-electron chi connectivity index (χ3n) is 3.94. The Kier molecular flexibility index (Phi) is 4.92. The molecule has 2 aliphatic heterocycles. The first kappa shape index (κ1) is 16.9. The number of hydrogen-bond donors (Lipinski definition) is 3. The number of carbonyl (C=O) groups excluding carboxylic acids is 3. The second-order valence-electron chi connectivity index (χ2n) is 5.64. The maximum Gasteiger partial charge on any atom is 0.322 e. The highest BCUT2D eigenvalue weighted by molar-refractivity contribution is 6.04. The van der Waals surface area contributed by atoms with Crippen LogP contribution in [0.4, 0.5) is 4.79 Å². The van der Waals surface area contributed by atoms with Crippen LogP contribution in [-0.2, 0) is 16.1 Å². The molecule has 3 rings (SSSR count). The highest BCUT2D eigenvalue weighted by Crippen LogP contribution is 2.36. The first-order valence-corrected chi connectivity index (χ1v) is 7.91. The summed E-state index contributed by atoms with van der Waals surface area (Å²) in [5, 5.41) is 7.36. The topological polar surface area (TPSA) is 115 Å². The van der Waals surface area contributed by atoms with Gasteiger partial charge in [-0.3, -0.25) is 14.9 Å². The molecule has 0 aromatic heterocycles. The van der Waals surface area contributed by atoms with E-state index in [4.69, 9.17) is 14.2 Å². The molecule has 2 heterocycles. The van der Waals surface area contributed by atoms with Crippen molar-refractivity contribution in [3.8, 4) is 17.2 Å². The van der Waals surface area contributed by atoms with Gasteiger partial charge in [0.15, 0.2) is 11.5 Å². The van der Waals surface area contributed by atoms with Gasteiger partial charge in [0.2, 0.25) is 5.91 Å². The fourth-order valence-corrected chi connectivity index (χ4v) is 2.66. The van der Waals surface area contributed by atoms with E-state index in [1.54, 1.807) is 12.1 Å². The fourth-order valence-electron chi connectivity index (χ4n) is 2.66. The molecule has 1 saturated heterocycles. The molecular weight excluding hydrogens is 330 g/mol. The molecule has 2 aliphatic rings. The molecule has 1 aromatic carbocycles. The van der Waals surface area contributed by atoms with Crippen LogP contribution in [0.25, 0.3) is 0 Å². The van der Waals surface area contributed by atoms with Gasteiger partial charge in [-0.25, -0.2) is 4.79 Å². The molecule has 0 bridgehead atoms. The van der Waals surface area contributed by atoms with Gasteiger partial charge >= 0.3 is 6.03 Å². The average molecular weight is 349 g/mol. The van der Waals surface area contributed by atoms with Crippen molar-refractivity contribution in [2.75, 3.05) is 20.3 Å². The van der Waals surface area contributed by atoms with E-state index in [2.05, 4.69) is 16.0 Å². The molecule has 0 aliphatic carbocycles. The Balaban J connectivity index is 1.55. The summed E-state index contributed by atoms with van der Waals surface area (Å²) in [4.78, 5) is 34.5. The summed E-state index contributed by atoms with van der Waals surface area (Å²) in [6.45, 7) is 1.21. The number of benzene rings is 1. The number of imide groups is 1. The lowest BCUT2D eigenvalue weighted by molar-refractivity contribution is -0.122. The lowest BCUT2D eigenvalue weighted by Gasteiger charge is -2.21. The Hall–Kier alpha value is -2.97. The number of ether oxygens (including phenoxy) is 3. The lowest BCUT2D eigenvalue weighted by atomic mass is 10.1. The number of amides is 4. The quantitative estimate of drug-likeness (QED) is 0.626. The number of urea groups is 1. The Morgan fingerprint density at radius 1 is 1.28 bits per heavy atom. The Bertz CT molecular complexity index is 705. The average Bonchev–Trinajstić information content (AvgIpc) is 2.94. The fraction of sp³-hybridized carbons (Fsp3) is 0.438. The smallest absolute Gasteiger partial charge is 0.322 e. The summed E-state index contributed by atoms with van der Waals surface area (Å²) in [6, 6.07) is 2.31. The van der Waals surface area contributed by atoms with Crippen molar-refractivity contribution < 1.29 is 28.6 Å². The zero-order chi connectivity index (χ0) is 17.8. The first-order chi connectivity index (χ1) is 12.1. The molecule has 0 unspecified atom stereocenters. The highest BCUT2D eigenvalue weighted by atomic mass is 16.6. The molecule has 4 amide bonds. The normalized spacial score (nSPS) is 18.4. The van der Waals surface area contributed by atoms with Crippen LogP contribution in [0.3, 0.4) is 0 Å². The van der Waals surface area contributed by atoms with Crippen LogP contribution in [0.2, 0.25) is 0 Å². The van der Waals surface area contributed by atoms with Crippen molar-refractivity contribution in [3.05, 3.63) is 17.7 Å². The minimum absolute atomic E-state index is 0.116. The van der Waals surface area contributed by atoms with E-state index in [0.717, 1.165) is 5.56 Å². The Morgan fingerprint density at radius 3 is 2.64 bits per heavy atom. The van der Waals surface area contributed by atoms with Gasteiger partial charge in [0, 0.05) is 24.6 Å². The summed E-state index contributed by atoms with van der Waals surface area (Å²) in [6.07, 6.45) is 0.354. The van der Waals surface area contributed by atoms with Crippen LogP contribution in [-0.4, -0.2) is 44.2 Å². The Labute approximate surface area is 144 Å². The van der Waals surface area contributed by atoms with E-state index < -0.39 is 18.0 Å². The second-order valence-corrected chi connectivity index (χ2v) is 5.64. The second kappa shape index (κ2) is 7.29. The van der Waals surface area contributed by atoms with Crippen LogP contribution in [0.15, 0.2) is 12.1 Å². The summed E-state index contributed by atoms with van der Waals surface area (Å²) in [5.74, 6) is 1.17. The van der Waals surface area contributed by atoms with Gasteiger partial charge in [-0.05, 0) is 12.5 Å². The minimum atomic E-state index is -0.665. The molecule has 1 atom stereocenters. The molecule has 9 heteroatoms. The van der Waals surface area contributed by atoms with Crippen LogP contribution < -0.4 is 30.2 Å². The molecule has 0 saturated carbocycles. The molecule has 3 N–H and O–H groups in total. The molecule has 25 heavy (non-hydrogen) atoms. The monoisotopic (exact) mass is 349 g/mol. The van der Waals surface area contributed by atoms with Crippen molar-refractivity contribution in [2.45, 2.75) is 25.4 Å². The van der Waals surface area contributed by atoms with E-state index in [0.29, 0.717) is 30.5 Å². The number of rotatable bonds is 6. The van der Waals surface area contributed by atoms with Crippen molar-refractivity contribution in [2.24, 2.45) is 0 Å². The van der Waals surface area contributed by atoms with Crippen molar-refractivity contribution >= 4 is 17.8 Å². The summed E-state index contributed by atoms with van der Waals surface area (Å²) in [5.41, 5.74) is 0.756. The van der Waals surface area contributed by atoms with Crippen molar-refractivity contribution in [1.29, 1.82) is 0 Å². The van der Waals surface area contributed by atoms with Crippen LogP contribution in [0.5, 0.6) is 17.2 Å². The molecule has 1 fully saturated rings. The standard InChI is InChI=1S/C16H19N3O6/c1-23-11-7-13-12(24-4-5-25-13)6-9(11)8-17-14(20)3-2-10-15(21)19-16(22)18-10/h6-7,10H,2-5,8H2,1H3,(H,17,20)(H2,18,19,21,22)/t10-/m0/s1. The van der Waals surface area contributed by atoms with E-state index in [9.17, 15) is 14.4 Å². The minimum Gasteiger partial charge on any atom is -0.496 e. The third-order valence-corrected chi connectivity index (χ3v) is 3.94. The number of hydrogen-bond acceptors (Lipinski definition) is 6.